The maximum atomic E-state index is 12.3. The standard InChI is InChI=1S/C20H18ClN3O2/c1-13-3-6-15(7-4-13)17-9-10-20(26)24(23-17)12-19(25)22-18-11-16(21)8-5-14(18)2/h3-11H,12H2,1-2H3,(H,22,25). The number of amides is 1. The van der Waals surface area contributed by atoms with Crippen molar-refractivity contribution in [2.24, 2.45) is 0 Å². The fraction of sp³-hybridized carbons (Fsp3) is 0.150. The van der Waals surface area contributed by atoms with Crippen LogP contribution in [0.5, 0.6) is 0 Å². The number of hydrogen-bond acceptors (Lipinski definition) is 3. The Morgan fingerprint density at radius 1 is 1.08 bits per heavy atom. The first kappa shape index (κ1) is 17.9. The SMILES string of the molecule is Cc1ccc(-c2ccc(=O)n(CC(=O)Nc3cc(Cl)ccc3C)n2)cc1. The van der Waals surface area contributed by atoms with Crippen molar-refractivity contribution < 1.29 is 4.79 Å². The van der Waals surface area contributed by atoms with Crippen LogP contribution in [-0.2, 0) is 11.3 Å². The molecule has 0 fully saturated rings. The minimum atomic E-state index is -0.342. The van der Waals surface area contributed by atoms with E-state index in [2.05, 4.69) is 10.4 Å². The van der Waals surface area contributed by atoms with Gasteiger partial charge in [-0.05, 0) is 37.6 Å². The summed E-state index contributed by atoms with van der Waals surface area (Å²) in [5.41, 5.74) is 3.82. The Hall–Kier alpha value is -2.92. The number of halogens is 1. The van der Waals surface area contributed by atoms with Gasteiger partial charge in [-0.2, -0.15) is 5.10 Å². The Balaban J connectivity index is 1.81. The van der Waals surface area contributed by atoms with Gasteiger partial charge in [0.1, 0.15) is 6.54 Å². The summed E-state index contributed by atoms with van der Waals surface area (Å²) < 4.78 is 1.16. The van der Waals surface area contributed by atoms with E-state index < -0.39 is 0 Å². The second-order valence-corrected chi connectivity index (χ2v) is 6.52. The van der Waals surface area contributed by atoms with Crippen molar-refractivity contribution >= 4 is 23.2 Å². The zero-order valence-corrected chi connectivity index (χ0v) is 15.2. The fourth-order valence-electron chi connectivity index (χ4n) is 2.50. The summed E-state index contributed by atoms with van der Waals surface area (Å²) in [5, 5.41) is 7.61. The predicted octanol–water partition coefficient (Wildman–Crippen LogP) is 3.82. The van der Waals surface area contributed by atoms with Crippen molar-refractivity contribution in [3.05, 3.63) is 81.1 Å². The number of carbonyl (C=O) groups is 1. The molecule has 5 nitrogen and oxygen atoms in total. The molecular weight excluding hydrogens is 350 g/mol. The summed E-state index contributed by atoms with van der Waals surface area (Å²) in [4.78, 5) is 24.4. The van der Waals surface area contributed by atoms with Crippen LogP contribution in [0.15, 0.2) is 59.4 Å². The third-order valence-corrected chi connectivity index (χ3v) is 4.22. The van der Waals surface area contributed by atoms with Gasteiger partial charge in [-0.1, -0.05) is 47.5 Å². The summed E-state index contributed by atoms with van der Waals surface area (Å²) in [5.74, 6) is -0.342. The molecule has 6 heteroatoms. The van der Waals surface area contributed by atoms with E-state index in [1.165, 1.54) is 6.07 Å². The molecule has 0 aliphatic carbocycles. The highest BCUT2D eigenvalue weighted by Crippen LogP contribution is 2.20. The van der Waals surface area contributed by atoms with Crippen molar-refractivity contribution in [2.75, 3.05) is 5.32 Å². The Labute approximate surface area is 156 Å². The van der Waals surface area contributed by atoms with E-state index in [1.807, 2.05) is 44.2 Å². The second-order valence-electron chi connectivity index (χ2n) is 6.09. The molecule has 2 aromatic carbocycles. The van der Waals surface area contributed by atoms with Crippen LogP contribution in [0.2, 0.25) is 5.02 Å². The number of aryl methyl sites for hydroxylation is 2. The van der Waals surface area contributed by atoms with Gasteiger partial charge in [0.15, 0.2) is 0 Å². The van der Waals surface area contributed by atoms with Crippen LogP contribution < -0.4 is 10.9 Å². The summed E-state index contributed by atoms with van der Waals surface area (Å²) in [6.07, 6.45) is 0. The lowest BCUT2D eigenvalue weighted by Gasteiger charge is -2.10. The number of carbonyl (C=O) groups excluding carboxylic acids is 1. The monoisotopic (exact) mass is 367 g/mol. The number of rotatable bonds is 4. The molecule has 1 heterocycles. The number of benzene rings is 2. The first-order chi connectivity index (χ1) is 12.4. The first-order valence-electron chi connectivity index (χ1n) is 8.13. The van der Waals surface area contributed by atoms with Gasteiger partial charge >= 0.3 is 0 Å². The molecule has 1 N–H and O–H groups in total. The van der Waals surface area contributed by atoms with E-state index in [9.17, 15) is 9.59 Å². The molecule has 0 unspecified atom stereocenters. The van der Waals surface area contributed by atoms with E-state index in [0.717, 1.165) is 21.4 Å². The molecule has 0 spiro atoms. The Kier molecular flexibility index (Phi) is 5.19. The first-order valence-corrected chi connectivity index (χ1v) is 8.51. The van der Waals surface area contributed by atoms with Crippen LogP contribution in [0, 0.1) is 13.8 Å². The number of nitrogens with one attached hydrogen (secondary N) is 1. The lowest BCUT2D eigenvalue weighted by atomic mass is 10.1. The molecule has 132 valence electrons. The molecule has 0 bridgehead atoms. The normalized spacial score (nSPS) is 10.6. The van der Waals surface area contributed by atoms with Crippen LogP contribution in [-0.4, -0.2) is 15.7 Å². The minimum absolute atomic E-state index is 0.176. The summed E-state index contributed by atoms with van der Waals surface area (Å²) in [6.45, 7) is 3.69. The molecule has 1 aromatic heterocycles. The smallest absolute Gasteiger partial charge is 0.267 e. The topological polar surface area (TPSA) is 64.0 Å². The van der Waals surface area contributed by atoms with Crippen molar-refractivity contribution in [2.45, 2.75) is 20.4 Å². The van der Waals surface area contributed by atoms with E-state index in [1.54, 1.807) is 18.2 Å². The highest BCUT2D eigenvalue weighted by atomic mass is 35.5. The van der Waals surface area contributed by atoms with Crippen molar-refractivity contribution in [3.8, 4) is 11.3 Å². The summed E-state index contributed by atoms with van der Waals surface area (Å²) >= 11 is 5.97. The molecule has 0 saturated heterocycles. The third kappa shape index (κ3) is 4.18. The van der Waals surface area contributed by atoms with E-state index >= 15 is 0 Å². The van der Waals surface area contributed by atoms with Gasteiger partial charge in [0.2, 0.25) is 5.91 Å². The Bertz CT molecular complexity index is 1010. The molecule has 0 atom stereocenters. The molecule has 1 amide bonds. The number of hydrogen-bond donors (Lipinski definition) is 1. The summed E-state index contributed by atoms with van der Waals surface area (Å²) in [6, 6.07) is 16.1. The molecule has 0 saturated carbocycles. The van der Waals surface area contributed by atoms with Crippen molar-refractivity contribution in [1.29, 1.82) is 0 Å². The highest BCUT2D eigenvalue weighted by molar-refractivity contribution is 6.31. The predicted molar refractivity (Wildman–Crippen MR) is 103 cm³/mol. The van der Waals surface area contributed by atoms with Gasteiger partial charge in [0, 0.05) is 22.3 Å². The third-order valence-electron chi connectivity index (χ3n) is 3.98. The Morgan fingerprint density at radius 3 is 2.54 bits per heavy atom. The second kappa shape index (κ2) is 7.54. The van der Waals surface area contributed by atoms with Crippen LogP contribution in [0.1, 0.15) is 11.1 Å². The van der Waals surface area contributed by atoms with E-state index in [4.69, 9.17) is 11.6 Å². The average Bonchev–Trinajstić information content (AvgIpc) is 2.61. The molecule has 3 aromatic rings. The number of anilines is 1. The highest BCUT2D eigenvalue weighted by Gasteiger charge is 2.10. The molecular formula is C20H18ClN3O2. The minimum Gasteiger partial charge on any atom is -0.324 e. The zero-order chi connectivity index (χ0) is 18.7. The molecule has 26 heavy (non-hydrogen) atoms. The molecule has 0 aliphatic heterocycles. The number of nitrogens with zero attached hydrogens (tertiary/aromatic N) is 2. The molecule has 3 rings (SSSR count). The van der Waals surface area contributed by atoms with Gasteiger partial charge in [-0.15, -0.1) is 0 Å². The van der Waals surface area contributed by atoms with Gasteiger partial charge in [0.05, 0.1) is 5.69 Å². The largest absolute Gasteiger partial charge is 0.324 e. The Morgan fingerprint density at radius 2 is 1.81 bits per heavy atom. The van der Waals surface area contributed by atoms with Crippen LogP contribution in [0.25, 0.3) is 11.3 Å². The summed E-state index contributed by atoms with van der Waals surface area (Å²) in [7, 11) is 0. The maximum Gasteiger partial charge on any atom is 0.267 e. The average molecular weight is 368 g/mol. The fourth-order valence-corrected chi connectivity index (χ4v) is 2.67. The lowest BCUT2D eigenvalue weighted by molar-refractivity contribution is -0.117. The van der Waals surface area contributed by atoms with Gasteiger partial charge in [-0.3, -0.25) is 9.59 Å². The maximum absolute atomic E-state index is 12.3. The molecule has 0 aliphatic rings. The zero-order valence-electron chi connectivity index (χ0n) is 14.5. The lowest BCUT2D eigenvalue weighted by Crippen LogP contribution is -2.29. The van der Waals surface area contributed by atoms with Gasteiger partial charge in [0.25, 0.3) is 5.56 Å². The number of aromatic nitrogens is 2. The van der Waals surface area contributed by atoms with Gasteiger partial charge in [-0.25, -0.2) is 4.68 Å². The van der Waals surface area contributed by atoms with E-state index in [-0.39, 0.29) is 18.0 Å². The van der Waals surface area contributed by atoms with Crippen LogP contribution >= 0.6 is 11.6 Å². The van der Waals surface area contributed by atoms with Gasteiger partial charge < -0.3 is 5.32 Å². The van der Waals surface area contributed by atoms with Crippen molar-refractivity contribution in [3.63, 3.8) is 0 Å². The molecule has 0 radical (unpaired) electrons. The quantitative estimate of drug-likeness (QED) is 0.762. The van der Waals surface area contributed by atoms with Crippen LogP contribution in [0.4, 0.5) is 5.69 Å². The van der Waals surface area contributed by atoms with E-state index in [0.29, 0.717) is 16.4 Å². The van der Waals surface area contributed by atoms with Crippen molar-refractivity contribution in [1.82, 2.24) is 9.78 Å². The van der Waals surface area contributed by atoms with Crippen LogP contribution in [0.3, 0.4) is 0 Å².